The number of nitrogens with one attached hydrogen (secondary N) is 2. The summed E-state index contributed by atoms with van der Waals surface area (Å²) in [5.41, 5.74) is 8.46. The molecule has 0 saturated carbocycles. The van der Waals surface area contributed by atoms with E-state index in [1.54, 1.807) is 0 Å². The fraction of sp³-hybridized carbons (Fsp3) is 0.400. The molecule has 0 aliphatic rings. The van der Waals surface area contributed by atoms with Crippen LogP contribution in [0.25, 0.3) is 0 Å². The summed E-state index contributed by atoms with van der Waals surface area (Å²) in [6.07, 6.45) is 2.94. The fourth-order valence-corrected chi connectivity index (χ4v) is 1.80. The van der Waals surface area contributed by atoms with Gasteiger partial charge in [-0.05, 0) is 38.3 Å². The molecule has 0 atom stereocenters. The van der Waals surface area contributed by atoms with Crippen LogP contribution in [0.3, 0.4) is 0 Å². The van der Waals surface area contributed by atoms with Gasteiger partial charge in [0.1, 0.15) is 6.29 Å². The van der Waals surface area contributed by atoms with Crippen LogP contribution in [0.1, 0.15) is 30.4 Å². The molecular formula is C15H22N4O2. The second kappa shape index (κ2) is 8.73. The zero-order chi connectivity index (χ0) is 15.7. The average molecular weight is 290 g/mol. The molecule has 1 aromatic carbocycles. The average Bonchev–Trinajstić information content (AvgIpc) is 2.41. The molecular weight excluding hydrogens is 268 g/mol. The number of aldehydes is 1. The Morgan fingerprint density at radius 2 is 2.10 bits per heavy atom. The minimum Gasteiger partial charge on any atom is -0.370 e. The smallest absolute Gasteiger partial charge is 0.325 e. The van der Waals surface area contributed by atoms with E-state index < -0.39 is 6.03 Å². The van der Waals surface area contributed by atoms with Crippen molar-refractivity contribution in [1.82, 2.24) is 5.32 Å². The normalized spacial score (nSPS) is 11.0. The van der Waals surface area contributed by atoms with E-state index in [1.165, 1.54) is 0 Å². The summed E-state index contributed by atoms with van der Waals surface area (Å²) in [4.78, 5) is 25.9. The first kappa shape index (κ1) is 16.7. The Morgan fingerprint density at radius 3 is 2.76 bits per heavy atom. The predicted molar refractivity (Wildman–Crippen MR) is 84.5 cm³/mol. The highest BCUT2D eigenvalue weighted by molar-refractivity contribution is 6.02. The molecule has 0 radical (unpaired) electrons. The summed E-state index contributed by atoms with van der Waals surface area (Å²) in [6, 6.07) is 5.33. The second-order valence-electron chi connectivity index (χ2n) is 4.83. The lowest BCUT2D eigenvalue weighted by Gasteiger charge is -2.10. The highest BCUT2D eigenvalue weighted by Crippen LogP contribution is 2.15. The van der Waals surface area contributed by atoms with Crippen LogP contribution in [-0.2, 0) is 4.79 Å². The number of aryl methyl sites for hydroxylation is 2. The first-order valence-electron chi connectivity index (χ1n) is 6.91. The van der Waals surface area contributed by atoms with E-state index in [0.717, 1.165) is 35.9 Å². The number of hydrogen-bond donors (Lipinski definition) is 3. The number of rotatable bonds is 6. The van der Waals surface area contributed by atoms with Gasteiger partial charge in [-0.3, -0.25) is 10.3 Å². The largest absolute Gasteiger partial charge is 0.370 e. The van der Waals surface area contributed by atoms with Crippen LogP contribution in [0, 0.1) is 13.8 Å². The molecule has 0 saturated heterocycles. The standard InChI is InChI=1S/C15H22N4O2/c1-11-6-7-13(12(2)10-11)18-15(21)19-14(16)17-8-4-3-5-9-20/h6-7,9-10H,3-5,8H2,1-2H3,(H4,16,17,18,19,21). The van der Waals surface area contributed by atoms with Gasteiger partial charge in [0.2, 0.25) is 0 Å². The molecule has 21 heavy (non-hydrogen) atoms. The number of benzene rings is 1. The number of urea groups is 1. The minimum absolute atomic E-state index is 0.0726. The molecule has 0 aliphatic carbocycles. The fourth-order valence-electron chi connectivity index (χ4n) is 1.80. The Bertz CT molecular complexity index is 526. The molecule has 1 aromatic rings. The predicted octanol–water partition coefficient (Wildman–Crippen LogP) is 2.11. The summed E-state index contributed by atoms with van der Waals surface area (Å²) < 4.78 is 0. The van der Waals surface area contributed by atoms with Crippen LogP contribution in [-0.4, -0.2) is 24.8 Å². The highest BCUT2D eigenvalue weighted by atomic mass is 16.2. The Kier molecular flexibility index (Phi) is 6.94. The lowest BCUT2D eigenvalue weighted by atomic mass is 10.1. The lowest BCUT2D eigenvalue weighted by Crippen LogP contribution is -2.39. The van der Waals surface area contributed by atoms with Crippen LogP contribution in [0.4, 0.5) is 10.5 Å². The van der Waals surface area contributed by atoms with Crippen LogP contribution in [0.2, 0.25) is 0 Å². The van der Waals surface area contributed by atoms with Gasteiger partial charge in [-0.15, -0.1) is 0 Å². The third-order valence-electron chi connectivity index (χ3n) is 2.88. The molecule has 2 amide bonds. The number of aliphatic imine (C=N–C) groups is 1. The number of hydrogen-bond acceptors (Lipinski definition) is 3. The topological polar surface area (TPSA) is 96.6 Å². The van der Waals surface area contributed by atoms with Crippen LogP contribution < -0.4 is 16.4 Å². The molecule has 0 bridgehead atoms. The van der Waals surface area contributed by atoms with E-state index in [0.29, 0.717) is 13.0 Å². The Morgan fingerprint density at radius 1 is 1.33 bits per heavy atom. The number of guanidine groups is 1. The molecule has 0 spiro atoms. The number of nitrogens with zero attached hydrogens (tertiary/aromatic N) is 1. The Balaban J connectivity index is 2.42. The molecule has 0 unspecified atom stereocenters. The molecule has 0 fully saturated rings. The zero-order valence-electron chi connectivity index (χ0n) is 12.5. The van der Waals surface area contributed by atoms with Gasteiger partial charge in [0.05, 0.1) is 0 Å². The van der Waals surface area contributed by atoms with Gasteiger partial charge in [-0.2, -0.15) is 0 Å². The molecule has 0 heterocycles. The Labute approximate surface area is 124 Å². The molecule has 1 rings (SSSR count). The van der Waals surface area contributed by atoms with Crippen molar-refractivity contribution in [3.8, 4) is 0 Å². The zero-order valence-corrected chi connectivity index (χ0v) is 12.5. The minimum atomic E-state index is -0.420. The number of amides is 2. The van der Waals surface area contributed by atoms with Crippen molar-refractivity contribution >= 4 is 24.0 Å². The molecule has 114 valence electrons. The summed E-state index contributed by atoms with van der Waals surface area (Å²) in [5.74, 6) is 0.0726. The molecule has 6 heteroatoms. The third kappa shape index (κ3) is 6.56. The van der Waals surface area contributed by atoms with Crippen LogP contribution in [0.5, 0.6) is 0 Å². The number of nitrogens with two attached hydrogens (primary N) is 1. The van der Waals surface area contributed by atoms with E-state index in [-0.39, 0.29) is 5.96 Å². The summed E-state index contributed by atoms with van der Waals surface area (Å²) in [5, 5.41) is 5.19. The molecule has 4 N–H and O–H groups in total. The van der Waals surface area contributed by atoms with E-state index in [2.05, 4.69) is 15.6 Å². The summed E-state index contributed by atoms with van der Waals surface area (Å²) in [7, 11) is 0. The third-order valence-corrected chi connectivity index (χ3v) is 2.88. The number of anilines is 1. The maximum Gasteiger partial charge on any atom is 0.325 e. The van der Waals surface area contributed by atoms with E-state index in [4.69, 9.17) is 5.73 Å². The van der Waals surface area contributed by atoms with Crippen molar-refractivity contribution in [3.05, 3.63) is 29.3 Å². The number of carbonyl (C=O) groups excluding carboxylic acids is 2. The van der Waals surface area contributed by atoms with E-state index in [1.807, 2.05) is 32.0 Å². The van der Waals surface area contributed by atoms with Crippen LogP contribution >= 0.6 is 0 Å². The monoisotopic (exact) mass is 290 g/mol. The van der Waals surface area contributed by atoms with Crippen molar-refractivity contribution in [1.29, 1.82) is 0 Å². The Hall–Kier alpha value is -2.37. The van der Waals surface area contributed by atoms with Gasteiger partial charge in [-0.1, -0.05) is 17.7 Å². The lowest BCUT2D eigenvalue weighted by molar-refractivity contribution is -0.107. The number of carbonyl (C=O) groups is 2. The van der Waals surface area contributed by atoms with Crippen molar-refractivity contribution in [2.24, 2.45) is 10.7 Å². The molecule has 0 aliphatic heterocycles. The van der Waals surface area contributed by atoms with Gasteiger partial charge in [0.15, 0.2) is 5.96 Å². The maximum atomic E-state index is 11.8. The number of unbranched alkanes of at least 4 members (excludes halogenated alkanes) is 2. The first-order chi connectivity index (χ1) is 10.0. The summed E-state index contributed by atoms with van der Waals surface area (Å²) in [6.45, 7) is 4.41. The quantitative estimate of drug-likeness (QED) is 0.324. The summed E-state index contributed by atoms with van der Waals surface area (Å²) >= 11 is 0. The van der Waals surface area contributed by atoms with E-state index in [9.17, 15) is 9.59 Å². The molecule has 6 nitrogen and oxygen atoms in total. The van der Waals surface area contributed by atoms with Gasteiger partial charge in [0, 0.05) is 18.7 Å². The first-order valence-corrected chi connectivity index (χ1v) is 6.91. The van der Waals surface area contributed by atoms with Gasteiger partial charge in [-0.25, -0.2) is 4.79 Å². The van der Waals surface area contributed by atoms with Gasteiger partial charge < -0.3 is 15.8 Å². The maximum absolute atomic E-state index is 11.8. The van der Waals surface area contributed by atoms with Crippen molar-refractivity contribution < 1.29 is 9.59 Å². The molecule has 0 aromatic heterocycles. The highest BCUT2D eigenvalue weighted by Gasteiger charge is 2.05. The van der Waals surface area contributed by atoms with Crippen LogP contribution in [0.15, 0.2) is 23.2 Å². The van der Waals surface area contributed by atoms with Crippen molar-refractivity contribution in [3.63, 3.8) is 0 Å². The van der Waals surface area contributed by atoms with E-state index >= 15 is 0 Å². The SMILES string of the molecule is Cc1ccc(NC(=O)NC(N)=NCCCCC=O)c(C)c1. The second-order valence-corrected chi connectivity index (χ2v) is 4.83. The van der Waals surface area contributed by atoms with Gasteiger partial charge >= 0.3 is 6.03 Å². The van der Waals surface area contributed by atoms with Crippen molar-refractivity contribution in [2.45, 2.75) is 33.1 Å². The van der Waals surface area contributed by atoms with Gasteiger partial charge in [0.25, 0.3) is 0 Å². The van der Waals surface area contributed by atoms with Crippen molar-refractivity contribution in [2.75, 3.05) is 11.9 Å².